The Kier molecular flexibility index (Phi) is 13.8. The third kappa shape index (κ3) is 10.7. The molecule has 0 spiro atoms. The second-order valence-corrected chi connectivity index (χ2v) is 17.9. The number of hydrogen-bond acceptors (Lipinski definition) is 8. The summed E-state index contributed by atoms with van der Waals surface area (Å²) in [5.41, 5.74) is 6.12. The van der Waals surface area contributed by atoms with Gasteiger partial charge in [-0.05, 0) is 136 Å². The largest absolute Gasteiger partial charge is 0.381 e. The van der Waals surface area contributed by atoms with Gasteiger partial charge >= 0.3 is 0 Å². The Balaban J connectivity index is 1.05. The molecule has 1 amide bonds. The monoisotopic (exact) mass is 810 g/mol. The second-order valence-electron chi connectivity index (χ2n) is 14.7. The second kappa shape index (κ2) is 18.7. The molecular weight excluding hydrogens is 760 g/mol. The van der Waals surface area contributed by atoms with E-state index in [1.54, 1.807) is 49.2 Å². The Morgan fingerprint density at radius 2 is 1.59 bits per heavy atom. The van der Waals surface area contributed by atoms with E-state index in [1.807, 2.05) is 49.4 Å². The highest BCUT2D eigenvalue weighted by molar-refractivity contribution is 7.99. The Morgan fingerprint density at radius 3 is 2.25 bits per heavy atom. The van der Waals surface area contributed by atoms with Gasteiger partial charge in [-0.1, -0.05) is 66.2 Å². The van der Waals surface area contributed by atoms with Gasteiger partial charge in [-0.2, -0.15) is 0 Å². The minimum Gasteiger partial charge on any atom is -0.381 e. The van der Waals surface area contributed by atoms with E-state index in [9.17, 15) is 13.2 Å². The SMILES string of the molecule is COC1(Cc2ccccc2-c2ccc(Cl)cc2)CCN(c2ccc(C(=O)NS(=O)(=O)c3ccc(N[C@H](CCN(C)C)CSc4ccccc4)c(C)c3)cc2)CC1. The third-order valence-electron chi connectivity index (χ3n) is 10.5. The van der Waals surface area contributed by atoms with Gasteiger partial charge in [-0.3, -0.25) is 4.79 Å². The van der Waals surface area contributed by atoms with Crippen molar-refractivity contribution < 1.29 is 17.9 Å². The molecule has 11 heteroatoms. The van der Waals surface area contributed by atoms with Crippen LogP contribution < -0.4 is 14.9 Å². The average Bonchev–Trinajstić information content (AvgIpc) is 3.20. The molecule has 294 valence electrons. The van der Waals surface area contributed by atoms with Gasteiger partial charge in [0.1, 0.15) is 0 Å². The molecule has 2 N–H and O–H groups in total. The summed E-state index contributed by atoms with van der Waals surface area (Å²) >= 11 is 7.95. The van der Waals surface area contributed by atoms with Crippen LogP contribution in [0.3, 0.4) is 0 Å². The topological polar surface area (TPSA) is 91.0 Å². The number of sulfonamides is 1. The van der Waals surface area contributed by atoms with E-state index < -0.39 is 15.9 Å². The lowest BCUT2D eigenvalue weighted by Gasteiger charge is -2.42. The van der Waals surface area contributed by atoms with Gasteiger partial charge in [0, 0.05) is 65.3 Å². The Hall–Kier alpha value is -4.32. The number of carbonyl (C=O) groups excluding carboxylic acids is 1. The molecule has 5 aromatic rings. The lowest BCUT2D eigenvalue weighted by atomic mass is 9.82. The Morgan fingerprint density at radius 1 is 0.911 bits per heavy atom. The maximum atomic E-state index is 13.4. The number of thioether (sulfide) groups is 1. The number of nitrogens with one attached hydrogen (secondary N) is 2. The first-order chi connectivity index (χ1) is 26.9. The molecule has 0 saturated carbocycles. The van der Waals surface area contributed by atoms with Crippen LogP contribution in [0, 0.1) is 6.92 Å². The van der Waals surface area contributed by atoms with Crippen LogP contribution >= 0.6 is 23.4 Å². The first-order valence-electron chi connectivity index (χ1n) is 18.9. The van der Waals surface area contributed by atoms with Crippen molar-refractivity contribution in [1.82, 2.24) is 9.62 Å². The molecule has 0 radical (unpaired) electrons. The molecule has 1 heterocycles. The van der Waals surface area contributed by atoms with Crippen molar-refractivity contribution in [1.29, 1.82) is 0 Å². The standard InChI is InChI=1S/C45H51ClN4O4S2/c1-33-30-41(22-23-43(33)47-38(24-27-49(2)3)32-55-40-11-6-5-7-12-40)56(52,53)48-44(51)35-16-20-39(21-17-35)50-28-25-45(54-4,26-29-50)31-36-10-8-9-13-42(36)34-14-18-37(46)19-15-34/h5-23,30,38,47H,24-29,31-32H2,1-4H3,(H,48,51)/t38-/m1/s1. The third-order valence-corrected chi connectivity index (χ3v) is 13.3. The first kappa shape index (κ1) is 41.3. The highest BCUT2D eigenvalue weighted by Crippen LogP contribution is 2.35. The van der Waals surface area contributed by atoms with Crippen molar-refractivity contribution in [2.75, 3.05) is 56.8 Å². The summed E-state index contributed by atoms with van der Waals surface area (Å²) in [6.45, 7) is 4.36. The number of halogens is 1. The van der Waals surface area contributed by atoms with E-state index in [0.29, 0.717) is 5.02 Å². The highest BCUT2D eigenvalue weighted by Gasteiger charge is 2.35. The normalized spacial score (nSPS) is 14.7. The quantitative estimate of drug-likeness (QED) is 0.0955. The number of piperidine rings is 1. The van der Waals surface area contributed by atoms with Gasteiger partial charge in [0.05, 0.1) is 10.5 Å². The highest BCUT2D eigenvalue weighted by atomic mass is 35.5. The lowest BCUT2D eigenvalue weighted by molar-refractivity contribution is -0.0288. The minimum atomic E-state index is -4.11. The van der Waals surface area contributed by atoms with E-state index in [2.05, 4.69) is 82.5 Å². The summed E-state index contributed by atoms with van der Waals surface area (Å²) in [6, 6.07) is 38.9. The van der Waals surface area contributed by atoms with Crippen molar-refractivity contribution in [3.05, 3.63) is 143 Å². The van der Waals surface area contributed by atoms with Crippen LogP contribution in [0.4, 0.5) is 11.4 Å². The Bertz CT molecular complexity index is 2170. The molecule has 0 aromatic heterocycles. The smallest absolute Gasteiger partial charge is 0.264 e. The van der Waals surface area contributed by atoms with Crippen LogP contribution in [-0.2, 0) is 21.2 Å². The molecule has 56 heavy (non-hydrogen) atoms. The summed E-state index contributed by atoms with van der Waals surface area (Å²) < 4.78 is 35.3. The number of amides is 1. The van der Waals surface area contributed by atoms with Crippen LogP contribution in [0.5, 0.6) is 0 Å². The minimum absolute atomic E-state index is 0.0414. The fraction of sp³-hybridized carbons (Fsp3) is 0.311. The molecule has 0 aliphatic carbocycles. The average molecular weight is 812 g/mol. The summed E-state index contributed by atoms with van der Waals surface area (Å²) in [5.74, 6) is 0.188. The molecule has 1 saturated heterocycles. The molecule has 0 unspecified atom stereocenters. The van der Waals surface area contributed by atoms with Crippen LogP contribution in [0.2, 0.25) is 5.02 Å². The molecule has 8 nitrogen and oxygen atoms in total. The van der Waals surface area contributed by atoms with E-state index in [1.165, 1.54) is 16.0 Å². The molecular formula is C45H51ClN4O4S2. The van der Waals surface area contributed by atoms with Crippen LogP contribution in [-0.4, -0.2) is 77.5 Å². The zero-order chi connectivity index (χ0) is 39.7. The van der Waals surface area contributed by atoms with Gasteiger partial charge in [-0.15, -0.1) is 11.8 Å². The van der Waals surface area contributed by atoms with E-state index >= 15 is 0 Å². The lowest BCUT2D eigenvalue weighted by Crippen LogP contribution is -2.47. The van der Waals surface area contributed by atoms with E-state index in [4.69, 9.17) is 16.3 Å². The predicted molar refractivity (Wildman–Crippen MR) is 232 cm³/mol. The summed E-state index contributed by atoms with van der Waals surface area (Å²) in [6.07, 6.45) is 3.37. The molecule has 1 aliphatic rings. The van der Waals surface area contributed by atoms with Crippen molar-refractivity contribution in [2.24, 2.45) is 0 Å². The number of nitrogens with zero attached hydrogens (tertiary/aromatic N) is 2. The number of ether oxygens (including phenoxy) is 1. The number of anilines is 2. The number of hydrogen-bond donors (Lipinski definition) is 2. The Labute approximate surface area is 341 Å². The van der Waals surface area contributed by atoms with E-state index in [0.717, 1.165) is 73.6 Å². The van der Waals surface area contributed by atoms with Gasteiger partial charge in [0.25, 0.3) is 15.9 Å². The number of aryl methyl sites for hydroxylation is 1. The number of benzene rings is 5. The maximum absolute atomic E-state index is 13.4. The van der Waals surface area contributed by atoms with Crippen molar-refractivity contribution >= 4 is 50.7 Å². The fourth-order valence-corrected chi connectivity index (χ4v) is 9.31. The van der Waals surface area contributed by atoms with Gasteiger partial charge in [0.15, 0.2) is 0 Å². The molecule has 1 aliphatic heterocycles. The van der Waals surface area contributed by atoms with Crippen LogP contribution in [0.25, 0.3) is 11.1 Å². The van der Waals surface area contributed by atoms with Crippen LogP contribution in [0.1, 0.15) is 40.7 Å². The molecule has 1 atom stereocenters. The predicted octanol–water partition coefficient (Wildman–Crippen LogP) is 9.19. The van der Waals surface area contributed by atoms with Gasteiger partial charge in [0.2, 0.25) is 0 Å². The molecule has 6 rings (SSSR count). The van der Waals surface area contributed by atoms with Gasteiger partial charge < -0.3 is 19.9 Å². The van der Waals surface area contributed by atoms with Crippen molar-refractivity contribution in [2.45, 2.75) is 54.0 Å². The molecule has 1 fully saturated rings. The van der Waals surface area contributed by atoms with Crippen molar-refractivity contribution in [3.8, 4) is 11.1 Å². The summed E-state index contributed by atoms with van der Waals surface area (Å²) in [4.78, 5) is 18.9. The summed E-state index contributed by atoms with van der Waals surface area (Å²) in [5, 5.41) is 4.35. The number of rotatable bonds is 16. The molecule has 0 bridgehead atoms. The van der Waals surface area contributed by atoms with Gasteiger partial charge in [-0.25, -0.2) is 13.1 Å². The van der Waals surface area contributed by atoms with Crippen molar-refractivity contribution in [3.63, 3.8) is 0 Å². The fourth-order valence-electron chi connectivity index (χ4n) is 7.13. The van der Waals surface area contributed by atoms with Crippen LogP contribution in [0.15, 0.2) is 131 Å². The number of carbonyl (C=O) groups is 1. The maximum Gasteiger partial charge on any atom is 0.264 e. The van der Waals surface area contributed by atoms with E-state index in [-0.39, 0.29) is 22.1 Å². The molecule has 5 aromatic carbocycles. The number of methoxy groups -OCH3 is 1. The zero-order valence-electron chi connectivity index (χ0n) is 32.5. The zero-order valence-corrected chi connectivity index (χ0v) is 34.9. The summed E-state index contributed by atoms with van der Waals surface area (Å²) in [7, 11) is 1.80. The first-order valence-corrected chi connectivity index (χ1v) is 21.8.